The Bertz CT molecular complexity index is 606. The van der Waals surface area contributed by atoms with E-state index in [-0.39, 0.29) is 5.91 Å². The van der Waals surface area contributed by atoms with Crippen molar-refractivity contribution < 1.29 is 4.79 Å². The maximum atomic E-state index is 12.0. The first-order valence-electron chi connectivity index (χ1n) is 5.36. The van der Waals surface area contributed by atoms with Gasteiger partial charge in [-0.25, -0.2) is 0 Å². The van der Waals surface area contributed by atoms with Gasteiger partial charge in [0.15, 0.2) is 0 Å². The lowest BCUT2D eigenvalue weighted by atomic mass is 10.1. The fourth-order valence-corrected chi connectivity index (χ4v) is 1.77. The fraction of sp³-hybridized carbons (Fsp3) is 0.167. The Labute approximate surface area is 109 Å². The topological polar surface area (TPSA) is 83.8 Å². The first-order chi connectivity index (χ1) is 8.49. The highest BCUT2D eigenvalue weighted by atomic mass is 35.5. The largest absolute Gasteiger partial charge is 0.398 e. The van der Waals surface area contributed by atoms with Gasteiger partial charge in [-0.1, -0.05) is 11.6 Å². The predicted octanol–water partition coefficient (Wildman–Crippen LogP) is 2.51. The van der Waals surface area contributed by atoms with Gasteiger partial charge in [-0.05, 0) is 31.5 Å². The van der Waals surface area contributed by atoms with Crippen molar-refractivity contribution in [2.75, 3.05) is 11.1 Å². The molecule has 18 heavy (non-hydrogen) atoms. The summed E-state index contributed by atoms with van der Waals surface area (Å²) in [5.74, 6) is -0.231. The molecule has 1 aromatic heterocycles. The molecule has 2 rings (SSSR count). The number of aromatic nitrogens is 2. The minimum absolute atomic E-state index is 0.231. The zero-order valence-corrected chi connectivity index (χ0v) is 10.8. The zero-order chi connectivity index (χ0) is 13.3. The molecular formula is C12H13ClN4O. The van der Waals surface area contributed by atoms with E-state index in [2.05, 4.69) is 15.5 Å². The van der Waals surface area contributed by atoms with Crippen LogP contribution in [0.1, 0.15) is 21.6 Å². The summed E-state index contributed by atoms with van der Waals surface area (Å²) in [7, 11) is 0. The molecular weight excluding hydrogens is 252 g/mol. The molecule has 4 N–H and O–H groups in total. The normalized spacial score (nSPS) is 10.4. The van der Waals surface area contributed by atoms with E-state index in [4.69, 9.17) is 17.3 Å². The van der Waals surface area contributed by atoms with Gasteiger partial charge < -0.3 is 11.1 Å². The van der Waals surface area contributed by atoms with Crippen LogP contribution in [0.5, 0.6) is 0 Å². The summed E-state index contributed by atoms with van der Waals surface area (Å²) in [6.07, 6.45) is 1.49. The Hall–Kier alpha value is -2.01. The van der Waals surface area contributed by atoms with Crippen LogP contribution in [0.2, 0.25) is 5.02 Å². The number of aromatic amines is 1. The zero-order valence-electron chi connectivity index (χ0n) is 10.0. The van der Waals surface area contributed by atoms with E-state index in [1.165, 1.54) is 6.20 Å². The first kappa shape index (κ1) is 12.4. The third-order valence-corrected chi connectivity index (χ3v) is 2.99. The van der Waals surface area contributed by atoms with E-state index in [1.807, 2.05) is 6.92 Å². The van der Waals surface area contributed by atoms with Gasteiger partial charge in [0.05, 0.1) is 22.5 Å². The molecule has 94 valence electrons. The molecule has 1 heterocycles. The van der Waals surface area contributed by atoms with Crippen molar-refractivity contribution in [3.05, 3.63) is 40.2 Å². The standard InChI is InChI=1S/C12H13ClN4O/c1-6-3-10(14)9(13)4-11(6)16-12(18)8-5-15-17-7(8)2/h3-5H,14H2,1-2H3,(H,15,17)(H,16,18). The average molecular weight is 265 g/mol. The Balaban J connectivity index is 2.28. The number of carbonyl (C=O) groups excluding carboxylic acids is 1. The van der Waals surface area contributed by atoms with Crippen molar-refractivity contribution in [1.82, 2.24) is 10.2 Å². The highest BCUT2D eigenvalue weighted by Crippen LogP contribution is 2.27. The number of nitrogens with zero attached hydrogens (tertiary/aromatic N) is 1. The molecule has 0 fully saturated rings. The molecule has 6 heteroatoms. The van der Waals surface area contributed by atoms with Crippen LogP contribution in [0.25, 0.3) is 0 Å². The van der Waals surface area contributed by atoms with Gasteiger partial charge in [0.1, 0.15) is 0 Å². The van der Waals surface area contributed by atoms with Crippen LogP contribution in [-0.2, 0) is 0 Å². The molecule has 0 spiro atoms. The number of benzene rings is 1. The van der Waals surface area contributed by atoms with E-state index < -0.39 is 0 Å². The van der Waals surface area contributed by atoms with E-state index in [0.29, 0.717) is 27.7 Å². The summed E-state index contributed by atoms with van der Waals surface area (Å²) in [5, 5.41) is 9.72. The van der Waals surface area contributed by atoms with Crippen LogP contribution in [-0.4, -0.2) is 16.1 Å². The molecule has 0 radical (unpaired) electrons. The van der Waals surface area contributed by atoms with Crippen LogP contribution >= 0.6 is 11.6 Å². The highest BCUT2D eigenvalue weighted by Gasteiger charge is 2.13. The van der Waals surface area contributed by atoms with Gasteiger partial charge in [0, 0.05) is 11.4 Å². The minimum atomic E-state index is -0.231. The number of rotatable bonds is 2. The molecule has 0 unspecified atom stereocenters. The van der Waals surface area contributed by atoms with Crippen molar-refractivity contribution in [2.45, 2.75) is 13.8 Å². The van der Waals surface area contributed by atoms with E-state index in [9.17, 15) is 4.79 Å². The molecule has 5 nitrogen and oxygen atoms in total. The lowest BCUT2D eigenvalue weighted by molar-refractivity contribution is 0.102. The monoisotopic (exact) mass is 264 g/mol. The van der Waals surface area contributed by atoms with Crippen LogP contribution in [0.3, 0.4) is 0 Å². The summed E-state index contributed by atoms with van der Waals surface area (Å²) in [4.78, 5) is 12.0. The smallest absolute Gasteiger partial charge is 0.259 e. The Kier molecular flexibility index (Phi) is 3.25. The van der Waals surface area contributed by atoms with Gasteiger partial charge >= 0.3 is 0 Å². The molecule has 2 aromatic rings. The van der Waals surface area contributed by atoms with E-state index in [1.54, 1.807) is 19.1 Å². The van der Waals surface area contributed by atoms with Crippen LogP contribution in [0.15, 0.2) is 18.3 Å². The molecule has 0 saturated heterocycles. The number of hydrogen-bond acceptors (Lipinski definition) is 3. The first-order valence-corrected chi connectivity index (χ1v) is 5.73. The van der Waals surface area contributed by atoms with Crippen LogP contribution in [0.4, 0.5) is 11.4 Å². The maximum Gasteiger partial charge on any atom is 0.259 e. The van der Waals surface area contributed by atoms with Gasteiger partial charge in [0.25, 0.3) is 5.91 Å². The number of amides is 1. The van der Waals surface area contributed by atoms with Crippen LogP contribution in [0, 0.1) is 13.8 Å². The van der Waals surface area contributed by atoms with Crippen molar-refractivity contribution in [3.63, 3.8) is 0 Å². The number of nitrogen functional groups attached to an aromatic ring is 1. The number of H-pyrrole nitrogens is 1. The number of nitrogens with two attached hydrogens (primary N) is 1. The number of aryl methyl sites for hydroxylation is 2. The number of carbonyl (C=O) groups is 1. The molecule has 0 aliphatic rings. The molecule has 0 aliphatic carbocycles. The van der Waals surface area contributed by atoms with Crippen LogP contribution < -0.4 is 11.1 Å². The summed E-state index contributed by atoms with van der Waals surface area (Å²) in [6, 6.07) is 3.36. The van der Waals surface area contributed by atoms with Crippen molar-refractivity contribution in [2.24, 2.45) is 0 Å². The van der Waals surface area contributed by atoms with Crippen molar-refractivity contribution in [1.29, 1.82) is 0 Å². The summed E-state index contributed by atoms with van der Waals surface area (Å²) < 4.78 is 0. The van der Waals surface area contributed by atoms with Gasteiger partial charge in [-0.3, -0.25) is 9.89 Å². The van der Waals surface area contributed by atoms with Gasteiger partial charge in [-0.15, -0.1) is 0 Å². The summed E-state index contributed by atoms with van der Waals surface area (Å²) in [5.41, 5.74) is 8.88. The highest BCUT2D eigenvalue weighted by molar-refractivity contribution is 6.33. The number of anilines is 2. The average Bonchev–Trinajstić information content (AvgIpc) is 2.72. The third-order valence-electron chi connectivity index (χ3n) is 2.67. The molecule has 1 aromatic carbocycles. The SMILES string of the molecule is Cc1cc(N)c(Cl)cc1NC(=O)c1cn[nH]c1C. The minimum Gasteiger partial charge on any atom is -0.398 e. The van der Waals surface area contributed by atoms with Gasteiger partial charge in [0.2, 0.25) is 0 Å². The quantitative estimate of drug-likeness (QED) is 0.729. The molecule has 0 atom stereocenters. The second-order valence-electron chi connectivity index (χ2n) is 4.05. The lowest BCUT2D eigenvalue weighted by Gasteiger charge is -2.10. The molecule has 0 saturated carbocycles. The van der Waals surface area contributed by atoms with Crippen molar-refractivity contribution in [3.8, 4) is 0 Å². The third kappa shape index (κ3) is 2.31. The predicted molar refractivity (Wildman–Crippen MR) is 71.9 cm³/mol. The lowest BCUT2D eigenvalue weighted by Crippen LogP contribution is -2.13. The molecule has 0 bridgehead atoms. The molecule has 0 aliphatic heterocycles. The maximum absolute atomic E-state index is 12.0. The summed E-state index contributed by atoms with van der Waals surface area (Å²) in [6.45, 7) is 3.63. The molecule has 1 amide bonds. The second-order valence-corrected chi connectivity index (χ2v) is 4.46. The van der Waals surface area contributed by atoms with E-state index >= 15 is 0 Å². The Morgan fingerprint density at radius 1 is 1.44 bits per heavy atom. The Morgan fingerprint density at radius 3 is 2.78 bits per heavy atom. The number of hydrogen-bond donors (Lipinski definition) is 3. The number of halogens is 1. The Morgan fingerprint density at radius 2 is 2.17 bits per heavy atom. The fourth-order valence-electron chi connectivity index (χ4n) is 1.61. The van der Waals surface area contributed by atoms with Gasteiger partial charge in [-0.2, -0.15) is 5.10 Å². The number of nitrogens with one attached hydrogen (secondary N) is 2. The van der Waals surface area contributed by atoms with Crippen molar-refractivity contribution >= 4 is 28.9 Å². The summed E-state index contributed by atoms with van der Waals surface area (Å²) >= 11 is 5.93. The van der Waals surface area contributed by atoms with E-state index in [0.717, 1.165) is 5.56 Å². The second kappa shape index (κ2) is 4.70.